The highest BCUT2D eigenvalue weighted by molar-refractivity contribution is 6.31. The lowest BCUT2D eigenvalue weighted by Crippen LogP contribution is -2.29. The summed E-state index contributed by atoms with van der Waals surface area (Å²) in [5, 5.41) is 19.8. The van der Waals surface area contributed by atoms with Gasteiger partial charge in [0, 0.05) is 5.02 Å². The number of benzene rings is 1. The van der Waals surface area contributed by atoms with Gasteiger partial charge >= 0.3 is 5.97 Å². The maximum Gasteiger partial charge on any atom is 0.338 e. The quantitative estimate of drug-likeness (QED) is 0.805. The fourth-order valence-electron chi connectivity index (χ4n) is 1.33. The first-order valence-corrected chi connectivity index (χ1v) is 5.64. The highest BCUT2D eigenvalue weighted by atomic mass is 35.5. The van der Waals surface area contributed by atoms with Gasteiger partial charge in [-0.2, -0.15) is 0 Å². The zero-order chi connectivity index (χ0) is 13.0. The summed E-state index contributed by atoms with van der Waals surface area (Å²) in [6.45, 7) is 3.59. The summed E-state index contributed by atoms with van der Waals surface area (Å²) in [7, 11) is 0. The summed E-state index contributed by atoms with van der Waals surface area (Å²) in [5.41, 5.74) is 1.23. The van der Waals surface area contributed by atoms with Gasteiger partial charge in [-0.15, -0.1) is 0 Å². The number of hydrogen-bond donors (Lipinski definition) is 2. The smallest absolute Gasteiger partial charge is 0.338 e. The SMILES string of the molecule is CCOC(=O)C(O)C(O)c1ccc(C)c(Cl)c1. The van der Waals surface area contributed by atoms with Crippen molar-refractivity contribution in [3.8, 4) is 0 Å². The molecule has 1 rings (SSSR count). The Kier molecular flexibility index (Phi) is 4.93. The number of carbonyl (C=O) groups excluding carboxylic acids is 1. The molecule has 0 heterocycles. The van der Waals surface area contributed by atoms with Crippen LogP contribution >= 0.6 is 11.6 Å². The van der Waals surface area contributed by atoms with Crippen LogP contribution in [-0.4, -0.2) is 28.9 Å². The number of aliphatic hydroxyl groups excluding tert-OH is 2. The third kappa shape index (κ3) is 3.43. The van der Waals surface area contributed by atoms with Gasteiger partial charge in [0.2, 0.25) is 0 Å². The second-order valence-corrected chi connectivity index (χ2v) is 4.06. The maximum absolute atomic E-state index is 11.2. The maximum atomic E-state index is 11.2. The van der Waals surface area contributed by atoms with Crippen molar-refractivity contribution in [2.75, 3.05) is 6.61 Å². The second-order valence-electron chi connectivity index (χ2n) is 3.65. The van der Waals surface area contributed by atoms with Crippen LogP contribution in [0.4, 0.5) is 0 Å². The van der Waals surface area contributed by atoms with E-state index in [9.17, 15) is 15.0 Å². The Morgan fingerprint density at radius 1 is 1.47 bits per heavy atom. The molecule has 0 aromatic heterocycles. The molecule has 17 heavy (non-hydrogen) atoms. The minimum absolute atomic E-state index is 0.150. The van der Waals surface area contributed by atoms with E-state index in [4.69, 9.17) is 11.6 Å². The number of aliphatic hydroxyl groups is 2. The zero-order valence-corrected chi connectivity index (χ0v) is 10.4. The number of aryl methyl sites for hydroxylation is 1. The number of carbonyl (C=O) groups is 1. The van der Waals surface area contributed by atoms with E-state index in [1.54, 1.807) is 19.1 Å². The Labute approximate surface area is 105 Å². The van der Waals surface area contributed by atoms with Gasteiger partial charge in [0.1, 0.15) is 6.10 Å². The molecule has 0 aliphatic carbocycles. The molecular formula is C12H15ClO4. The average molecular weight is 259 g/mol. The zero-order valence-electron chi connectivity index (χ0n) is 9.68. The van der Waals surface area contributed by atoms with Crippen molar-refractivity contribution in [1.29, 1.82) is 0 Å². The molecule has 4 nitrogen and oxygen atoms in total. The topological polar surface area (TPSA) is 66.8 Å². The van der Waals surface area contributed by atoms with Gasteiger partial charge in [0.05, 0.1) is 6.61 Å². The molecule has 0 saturated carbocycles. The van der Waals surface area contributed by atoms with E-state index < -0.39 is 18.2 Å². The summed E-state index contributed by atoms with van der Waals surface area (Å²) in [6.07, 6.45) is -2.94. The molecule has 1 aromatic rings. The van der Waals surface area contributed by atoms with Crippen molar-refractivity contribution < 1.29 is 19.7 Å². The first kappa shape index (κ1) is 14.0. The lowest BCUT2D eigenvalue weighted by atomic mass is 10.0. The Morgan fingerprint density at radius 2 is 2.12 bits per heavy atom. The number of hydrogen-bond acceptors (Lipinski definition) is 4. The Morgan fingerprint density at radius 3 is 2.65 bits per heavy atom. The first-order valence-electron chi connectivity index (χ1n) is 5.26. The van der Waals surface area contributed by atoms with Crippen molar-refractivity contribution in [1.82, 2.24) is 0 Å². The molecule has 0 spiro atoms. The molecule has 0 aliphatic rings. The van der Waals surface area contributed by atoms with Gasteiger partial charge in [-0.1, -0.05) is 23.7 Å². The van der Waals surface area contributed by atoms with Crippen molar-refractivity contribution in [2.45, 2.75) is 26.1 Å². The fourth-order valence-corrected chi connectivity index (χ4v) is 1.52. The minimum atomic E-state index is -1.60. The molecule has 2 N–H and O–H groups in total. The number of halogens is 1. The number of rotatable bonds is 4. The second kappa shape index (κ2) is 6.00. The molecule has 2 atom stereocenters. The summed E-state index contributed by atoms with van der Waals surface area (Å²) in [5.74, 6) is -0.850. The van der Waals surface area contributed by atoms with Gasteiger partial charge in [0.25, 0.3) is 0 Å². The monoisotopic (exact) mass is 258 g/mol. The Bertz CT molecular complexity index is 405. The van der Waals surface area contributed by atoms with E-state index in [0.29, 0.717) is 10.6 Å². The van der Waals surface area contributed by atoms with Crippen LogP contribution in [0, 0.1) is 6.92 Å². The normalized spacial score (nSPS) is 14.2. The third-order valence-corrected chi connectivity index (χ3v) is 2.77. The molecule has 1 aromatic carbocycles. The van der Waals surface area contributed by atoms with Crippen LogP contribution in [0.3, 0.4) is 0 Å². The van der Waals surface area contributed by atoms with Gasteiger partial charge in [-0.25, -0.2) is 4.79 Å². The minimum Gasteiger partial charge on any atom is -0.464 e. The van der Waals surface area contributed by atoms with Crippen LogP contribution in [0.15, 0.2) is 18.2 Å². The fraction of sp³-hybridized carbons (Fsp3) is 0.417. The summed E-state index contributed by atoms with van der Waals surface area (Å²) in [6, 6.07) is 4.83. The predicted octanol–water partition coefficient (Wildman–Crippen LogP) is 1.61. The van der Waals surface area contributed by atoms with Crippen LogP contribution in [0.25, 0.3) is 0 Å². The average Bonchev–Trinajstić information content (AvgIpc) is 2.31. The summed E-state index contributed by atoms with van der Waals surface area (Å²) in [4.78, 5) is 11.2. The lowest BCUT2D eigenvalue weighted by Gasteiger charge is -2.17. The van der Waals surface area contributed by atoms with Crippen molar-refractivity contribution in [3.63, 3.8) is 0 Å². The van der Waals surface area contributed by atoms with Crippen LogP contribution in [-0.2, 0) is 9.53 Å². The summed E-state index contributed by atoms with van der Waals surface area (Å²) < 4.78 is 4.62. The molecule has 2 unspecified atom stereocenters. The van der Waals surface area contributed by atoms with Crippen LogP contribution < -0.4 is 0 Å². The molecule has 0 bridgehead atoms. The Hall–Kier alpha value is -1.10. The van der Waals surface area contributed by atoms with Gasteiger partial charge in [0.15, 0.2) is 6.10 Å². The van der Waals surface area contributed by atoms with Gasteiger partial charge in [-0.05, 0) is 31.0 Å². The largest absolute Gasteiger partial charge is 0.464 e. The third-order valence-electron chi connectivity index (χ3n) is 2.36. The molecule has 0 fully saturated rings. The van der Waals surface area contributed by atoms with Crippen molar-refractivity contribution >= 4 is 17.6 Å². The molecule has 0 saturated heterocycles. The van der Waals surface area contributed by atoms with E-state index in [0.717, 1.165) is 5.56 Å². The predicted molar refractivity (Wildman–Crippen MR) is 63.8 cm³/mol. The first-order chi connectivity index (χ1) is 7.97. The van der Waals surface area contributed by atoms with E-state index in [1.165, 1.54) is 6.07 Å². The highest BCUT2D eigenvalue weighted by Gasteiger charge is 2.27. The molecule has 0 aliphatic heterocycles. The van der Waals surface area contributed by atoms with E-state index in [2.05, 4.69) is 4.74 Å². The molecule has 0 amide bonds. The number of esters is 1. The highest BCUT2D eigenvalue weighted by Crippen LogP contribution is 2.23. The molecule has 0 radical (unpaired) electrons. The van der Waals surface area contributed by atoms with Crippen LogP contribution in [0.2, 0.25) is 5.02 Å². The standard InChI is InChI=1S/C12H15ClO4/c1-3-17-12(16)11(15)10(14)8-5-4-7(2)9(13)6-8/h4-6,10-11,14-15H,3H2,1-2H3. The van der Waals surface area contributed by atoms with Crippen LogP contribution in [0.1, 0.15) is 24.2 Å². The van der Waals surface area contributed by atoms with E-state index in [1.807, 2.05) is 6.92 Å². The molecule has 5 heteroatoms. The van der Waals surface area contributed by atoms with Crippen LogP contribution in [0.5, 0.6) is 0 Å². The Balaban J connectivity index is 2.84. The van der Waals surface area contributed by atoms with Gasteiger partial charge < -0.3 is 14.9 Å². The van der Waals surface area contributed by atoms with E-state index >= 15 is 0 Å². The lowest BCUT2D eigenvalue weighted by molar-refractivity contribution is -0.159. The number of ether oxygens (including phenoxy) is 1. The van der Waals surface area contributed by atoms with Gasteiger partial charge in [-0.3, -0.25) is 0 Å². The van der Waals surface area contributed by atoms with E-state index in [-0.39, 0.29) is 6.61 Å². The molecular weight excluding hydrogens is 244 g/mol. The molecule has 94 valence electrons. The van der Waals surface area contributed by atoms with Crippen molar-refractivity contribution in [3.05, 3.63) is 34.3 Å². The summed E-state index contributed by atoms with van der Waals surface area (Å²) >= 11 is 5.89. The van der Waals surface area contributed by atoms with Crippen molar-refractivity contribution in [2.24, 2.45) is 0 Å².